The van der Waals surface area contributed by atoms with Gasteiger partial charge in [0.25, 0.3) is 0 Å². The van der Waals surface area contributed by atoms with E-state index in [-0.39, 0.29) is 24.8 Å². The lowest BCUT2D eigenvalue weighted by atomic mass is 9.97. The maximum Gasteiger partial charge on any atom is 0.245 e. The number of hydroxylamine groups is 2. The summed E-state index contributed by atoms with van der Waals surface area (Å²) >= 11 is 0. The van der Waals surface area contributed by atoms with Crippen molar-refractivity contribution in [3.63, 3.8) is 0 Å². The Balaban J connectivity index is 3.68. The molecule has 0 aliphatic heterocycles. The molecule has 106 valence electrons. The van der Waals surface area contributed by atoms with Gasteiger partial charge in [0.1, 0.15) is 0 Å². The summed E-state index contributed by atoms with van der Waals surface area (Å²) < 4.78 is 0. The van der Waals surface area contributed by atoms with Crippen molar-refractivity contribution in [1.29, 1.82) is 0 Å². The molecule has 18 heavy (non-hydrogen) atoms. The lowest BCUT2D eigenvalue weighted by Gasteiger charge is -2.15. The van der Waals surface area contributed by atoms with Crippen LogP contribution in [0.25, 0.3) is 0 Å². The molecule has 2 N–H and O–H groups in total. The maximum absolute atomic E-state index is 11.5. The minimum atomic E-state index is -0.332. The Hall–Kier alpha value is -1.10. The molecule has 0 saturated heterocycles. The normalized spacial score (nSPS) is 10.5. The Morgan fingerprint density at radius 3 is 2.33 bits per heavy atom. The van der Waals surface area contributed by atoms with Gasteiger partial charge < -0.3 is 5.32 Å². The summed E-state index contributed by atoms with van der Waals surface area (Å²) in [7, 11) is 0. The number of carbonyl (C=O) groups excluding carboxylic acids is 2. The average molecular weight is 258 g/mol. The molecule has 0 spiro atoms. The second kappa shape index (κ2) is 9.88. The van der Waals surface area contributed by atoms with Crippen LogP contribution in [0.2, 0.25) is 0 Å². The average Bonchev–Trinajstić information content (AvgIpc) is 2.38. The Morgan fingerprint density at radius 1 is 1.22 bits per heavy atom. The van der Waals surface area contributed by atoms with E-state index in [2.05, 4.69) is 19.2 Å². The summed E-state index contributed by atoms with van der Waals surface area (Å²) in [5, 5.41) is 12.6. The maximum atomic E-state index is 11.5. The Labute approximate surface area is 109 Å². The molecule has 0 aliphatic carbocycles. The van der Waals surface area contributed by atoms with Gasteiger partial charge in [-0.25, -0.2) is 5.06 Å². The van der Waals surface area contributed by atoms with Gasteiger partial charge in [0.2, 0.25) is 11.8 Å². The molecule has 0 aliphatic rings. The number of hydrogen-bond donors (Lipinski definition) is 2. The topological polar surface area (TPSA) is 69.6 Å². The number of amides is 2. The minimum absolute atomic E-state index is 0.0146. The highest BCUT2D eigenvalue weighted by molar-refractivity contribution is 5.76. The van der Waals surface area contributed by atoms with Crippen LogP contribution in [-0.4, -0.2) is 35.2 Å². The second-order valence-corrected chi connectivity index (χ2v) is 4.44. The van der Waals surface area contributed by atoms with Crippen molar-refractivity contribution in [1.82, 2.24) is 10.4 Å². The van der Waals surface area contributed by atoms with Crippen molar-refractivity contribution in [2.24, 2.45) is 5.92 Å². The van der Waals surface area contributed by atoms with Crippen LogP contribution in [0.5, 0.6) is 0 Å². The van der Waals surface area contributed by atoms with E-state index in [4.69, 9.17) is 0 Å². The van der Waals surface area contributed by atoms with Gasteiger partial charge in [0, 0.05) is 19.4 Å². The van der Waals surface area contributed by atoms with E-state index in [9.17, 15) is 14.8 Å². The van der Waals surface area contributed by atoms with Gasteiger partial charge in [-0.2, -0.15) is 0 Å². The molecule has 2 amide bonds. The number of nitrogens with one attached hydrogen (secondary N) is 1. The zero-order valence-electron chi connectivity index (χ0n) is 11.7. The highest BCUT2D eigenvalue weighted by Gasteiger charge is 2.10. The predicted molar refractivity (Wildman–Crippen MR) is 70.1 cm³/mol. The van der Waals surface area contributed by atoms with E-state index >= 15 is 0 Å². The predicted octanol–water partition coefficient (Wildman–Crippen LogP) is 1.95. The minimum Gasteiger partial charge on any atom is -0.354 e. The zero-order chi connectivity index (χ0) is 14.0. The van der Waals surface area contributed by atoms with Gasteiger partial charge in [0.15, 0.2) is 0 Å². The van der Waals surface area contributed by atoms with E-state index in [1.54, 1.807) is 6.92 Å². The summed E-state index contributed by atoms with van der Waals surface area (Å²) in [6, 6.07) is 0. The van der Waals surface area contributed by atoms with E-state index in [0.717, 1.165) is 19.3 Å². The van der Waals surface area contributed by atoms with E-state index in [0.29, 0.717) is 23.9 Å². The lowest BCUT2D eigenvalue weighted by molar-refractivity contribution is -0.164. The van der Waals surface area contributed by atoms with Gasteiger partial charge in [-0.05, 0) is 12.3 Å². The third kappa shape index (κ3) is 7.27. The van der Waals surface area contributed by atoms with Crippen LogP contribution in [0.1, 0.15) is 52.9 Å². The van der Waals surface area contributed by atoms with Crippen molar-refractivity contribution < 1.29 is 14.8 Å². The third-order valence-corrected chi connectivity index (χ3v) is 3.17. The lowest BCUT2D eigenvalue weighted by Crippen LogP contribution is -2.36. The SMILES string of the molecule is CCC(=O)N(O)CCNC(=O)CCC(CC)CC. The molecule has 0 heterocycles. The van der Waals surface area contributed by atoms with Gasteiger partial charge in [-0.1, -0.05) is 33.6 Å². The molecule has 0 unspecified atom stereocenters. The number of nitrogens with zero attached hydrogens (tertiary/aromatic N) is 1. The molecule has 0 aromatic carbocycles. The van der Waals surface area contributed by atoms with E-state index in [1.807, 2.05) is 0 Å². The summed E-state index contributed by atoms with van der Waals surface area (Å²) in [6.45, 7) is 6.38. The first-order valence-corrected chi connectivity index (χ1v) is 6.80. The molecule has 0 aromatic heterocycles. The Morgan fingerprint density at radius 2 is 1.83 bits per heavy atom. The fraction of sp³-hybridized carbons (Fsp3) is 0.846. The molecular weight excluding hydrogens is 232 g/mol. The molecular formula is C13H26N2O3. The molecule has 0 aromatic rings. The molecule has 0 fully saturated rings. The first kappa shape index (κ1) is 16.9. The molecule has 0 atom stereocenters. The smallest absolute Gasteiger partial charge is 0.245 e. The van der Waals surface area contributed by atoms with Crippen molar-refractivity contribution in [2.45, 2.75) is 52.9 Å². The van der Waals surface area contributed by atoms with Crippen molar-refractivity contribution >= 4 is 11.8 Å². The summed E-state index contributed by atoms with van der Waals surface area (Å²) in [4.78, 5) is 22.5. The van der Waals surface area contributed by atoms with Crippen molar-refractivity contribution in [2.75, 3.05) is 13.1 Å². The van der Waals surface area contributed by atoms with E-state index < -0.39 is 0 Å². The van der Waals surface area contributed by atoms with Crippen molar-refractivity contribution in [3.05, 3.63) is 0 Å². The molecule has 0 saturated carbocycles. The number of rotatable bonds is 9. The van der Waals surface area contributed by atoms with Crippen LogP contribution >= 0.6 is 0 Å². The zero-order valence-corrected chi connectivity index (χ0v) is 11.7. The van der Waals surface area contributed by atoms with Gasteiger partial charge >= 0.3 is 0 Å². The summed E-state index contributed by atoms with van der Waals surface area (Å²) in [5.74, 6) is 0.257. The van der Waals surface area contributed by atoms with Crippen molar-refractivity contribution in [3.8, 4) is 0 Å². The van der Waals surface area contributed by atoms with Gasteiger partial charge in [0.05, 0.1) is 6.54 Å². The summed E-state index contributed by atoms with van der Waals surface area (Å²) in [5.41, 5.74) is 0. The number of hydrogen-bond acceptors (Lipinski definition) is 3. The quantitative estimate of drug-likeness (QED) is 0.490. The third-order valence-electron chi connectivity index (χ3n) is 3.17. The largest absolute Gasteiger partial charge is 0.354 e. The van der Waals surface area contributed by atoms with Crippen LogP contribution in [0.15, 0.2) is 0 Å². The monoisotopic (exact) mass is 258 g/mol. The number of carbonyl (C=O) groups is 2. The Kier molecular flexibility index (Phi) is 9.28. The fourth-order valence-electron chi connectivity index (χ4n) is 1.73. The molecule has 5 nitrogen and oxygen atoms in total. The highest BCUT2D eigenvalue weighted by atomic mass is 16.5. The molecule has 0 bridgehead atoms. The first-order valence-electron chi connectivity index (χ1n) is 6.80. The molecule has 0 rings (SSSR count). The summed E-state index contributed by atoms with van der Waals surface area (Å²) in [6.07, 6.45) is 3.87. The molecule has 0 radical (unpaired) electrons. The highest BCUT2D eigenvalue weighted by Crippen LogP contribution is 2.14. The Bertz CT molecular complexity index is 253. The van der Waals surface area contributed by atoms with Gasteiger partial charge in [-0.3, -0.25) is 14.8 Å². The standard InChI is InChI=1S/C13H26N2O3/c1-4-11(5-2)7-8-12(16)14-9-10-15(18)13(17)6-3/h11,18H,4-10H2,1-3H3,(H,14,16). The van der Waals surface area contributed by atoms with Crippen LogP contribution in [0, 0.1) is 5.92 Å². The van der Waals surface area contributed by atoms with Crippen LogP contribution in [-0.2, 0) is 9.59 Å². The second-order valence-electron chi connectivity index (χ2n) is 4.44. The van der Waals surface area contributed by atoms with Crippen LogP contribution in [0.4, 0.5) is 0 Å². The van der Waals surface area contributed by atoms with Crippen LogP contribution in [0.3, 0.4) is 0 Å². The molecule has 5 heteroatoms. The fourth-order valence-corrected chi connectivity index (χ4v) is 1.73. The van der Waals surface area contributed by atoms with E-state index in [1.165, 1.54) is 0 Å². The first-order chi connectivity index (χ1) is 8.54. The van der Waals surface area contributed by atoms with Crippen LogP contribution < -0.4 is 5.32 Å². The van der Waals surface area contributed by atoms with Gasteiger partial charge in [-0.15, -0.1) is 0 Å².